The van der Waals surface area contributed by atoms with Gasteiger partial charge in [-0.15, -0.1) is 0 Å². The summed E-state index contributed by atoms with van der Waals surface area (Å²) in [7, 11) is 0. The summed E-state index contributed by atoms with van der Waals surface area (Å²) in [6.07, 6.45) is 4.89. The number of amides is 3. The van der Waals surface area contributed by atoms with Crippen LogP contribution in [-0.4, -0.2) is 30.3 Å². The number of allylic oxidation sites excluding steroid dienone is 2. The third-order valence-electron chi connectivity index (χ3n) is 6.35. The topological polar surface area (TPSA) is 92.8 Å². The lowest BCUT2D eigenvalue weighted by atomic mass is 9.85. The quantitative estimate of drug-likeness (QED) is 0.391. The second kappa shape index (κ2) is 8.32. The fraction of sp³-hybridized carbons (Fsp3) is 0.250. The van der Waals surface area contributed by atoms with Crippen LogP contribution in [0.2, 0.25) is 10.0 Å². The Bertz CT molecular complexity index is 1200. The minimum absolute atomic E-state index is 0.0993. The number of anilines is 2. The van der Waals surface area contributed by atoms with Gasteiger partial charge in [-0.1, -0.05) is 41.4 Å². The number of carbonyl (C=O) groups excluding carboxylic acids is 4. The zero-order chi connectivity index (χ0) is 23.3. The van der Waals surface area contributed by atoms with Crippen molar-refractivity contribution in [2.45, 2.75) is 6.42 Å². The van der Waals surface area contributed by atoms with Gasteiger partial charge < -0.3 is 10.1 Å². The lowest BCUT2D eigenvalue weighted by Crippen LogP contribution is -2.33. The Labute approximate surface area is 199 Å². The molecule has 0 aromatic heterocycles. The molecule has 2 aromatic carbocycles. The normalized spacial score (nSPS) is 24.8. The van der Waals surface area contributed by atoms with Gasteiger partial charge >= 0.3 is 5.97 Å². The number of rotatable bonds is 5. The molecule has 168 valence electrons. The van der Waals surface area contributed by atoms with E-state index in [2.05, 4.69) is 5.32 Å². The molecule has 2 bridgehead atoms. The van der Waals surface area contributed by atoms with Gasteiger partial charge in [0.05, 0.1) is 33.8 Å². The van der Waals surface area contributed by atoms with Gasteiger partial charge in [-0.05, 0) is 54.7 Å². The number of fused-ring (bicyclic) bond motifs is 5. The second-order valence-electron chi connectivity index (χ2n) is 8.31. The zero-order valence-corrected chi connectivity index (χ0v) is 18.7. The molecular weight excluding hydrogens is 467 g/mol. The van der Waals surface area contributed by atoms with Crippen LogP contribution in [0.5, 0.6) is 0 Å². The Morgan fingerprint density at radius 1 is 1.00 bits per heavy atom. The highest BCUT2D eigenvalue weighted by molar-refractivity contribution is 6.36. The van der Waals surface area contributed by atoms with Crippen molar-refractivity contribution in [2.75, 3.05) is 16.8 Å². The number of benzene rings is 2. The first kappa shape index (κ1) is 21.7. The molecule has 2 aliphatic carbocycles. The van der Waals surface area contributed by atoms with Gasteiger partial charge in [-0.3, -0.25) is 14.4 Å². The van der Waals surface area contributed by atoms with Crippen molar-refractivity contribution in [1.29, 1.82) is 0 Å². The van der Waals surface area contributed by atoms with E-state index in [1.165, 1.54) is 29.2 Å². The highest BCUT2D eigenvalue weighted by Crippen LogP contribution is 2.53. The van der Waals surface area contributed by atoms with Gasteiger partial charge in [0.15, 0.2) is 6.61 Å². The number of nitrogens with one attached hydrogen (secondary N) is 1. The first-order valence-corrected chi connectivity index (χ1v) is 11.2. The number of halogens is 2. The first-order chi connectivity index (χ1) is 15.8. The zero-order valence-electron chi connectivity index (χ0n) is 17.2. The van der Waals surface area contributed by atoms with Crippen LogP contribution in [-0.2, 0) is 19.1 Å². The van der Waals surface area contributed by atoms with E-state index in [0.717, 1.165) is 6.42 Å². The number of imide groups is 1. The maximum atomic E-state index is 13.0. The Morgan fingerprint density at radius 2 is 1.70 bits per heavy atom. The summed E-state index contributed by atoms with van der Waals surface area (Å²) in [5.41, 5.74) is 0.790. The Morgan fingerprint density at radius 3 is 2.36 bits per heavy atom. The molecule has 33 heavy (non-hydrogen) atoms. The lowest BCUT2D eigenvalue weighted by Gasteiger charge is -2.18. The summed E-state index contributed by atoms with van der Waals surface area (Å²) in [5.74, 6) is -2.25. The van der Waals surface area contributed by atoms with Crippen LogP contribution in [0.4, 0.5) is 11.4 Å². The maximum Gasteiger partial charge on any atom is 0.338 e. The van der Waals surface area contributed by atoms with Crippen molar-refractivity contribution in [2.24, 2.45) is 23.7 Å². The molecule has 3 amide bonds. The molecule has 7 nitrogen and oxygen atoms in total. The van der Waals surface area contributed by atoms with Gasteiger partial charge in [0.25, 0.3) is 5.91 Å². The van der Waals surface area contributed by atoms with Crippen molar-refractivity contribution >= 4 is 58.3 Å². The van der Waals surface area contributed by atoms with Crippen LogP contribution >= 0.6 is 23.2 Å². The van der Waals surface area contributed by atoms with E-state index in [4.69, 9.17) is 27.9 Å². The molecule has 1 N–H and O–H groups in total. The standard InChI is InChI=1S/C24H18Cl2N2O5/c25-15-6-7-18(17(26)10-15)27-19(29)11-33-24(32)14-2-1-3-16(9-14)28-22(30)20-12-4-5-13(8-12)21(20)23(28)31/h1-7,9-10,12-13,20-21H,8,11H2,(H,27,29)/t12-,13-,20-,21+/m0/s1. The Kier molecular flexibility index (Phi) is 5.46. The molecule has 9 heteroatoms. The Hall–Kier alpha value is -3.16. The van der Waals surface area contributed by atoms with Crippen LogP contribution in [0.15, 0.2) is 54.6 Å². The summed E-state index contributed by atoms with van der Waals surface area (Å²) in [6, 6.07) is 10.7. The largest absolute Gasteiger partial charge is 0.452 e. The lowest BCUT2D eigenvalue weighted by molar-refractivity contribution is -0.123. The molecular formula is C24H18Cl2N2O5. The first-order valence-electron chi connectivity index (χ1n) is 10.4. The highest BCUT2D eigenvalue weighted by Gasteiger charge is 2.59. The van der Waals surface area contributed by atoms with E-state index in [1.807, 2.05) is 12.2 Å². The summed E-state index contributed by atoms with van der Waals surface area (Å²) in [6.45, 7) is -0.539. The average Bonchev–Trinajstić information content (AvgIpc) is 3.48. The van der Waals surface area contributed by atoms with Gasteiger partial charge in [0, 0.05) is 5.02 Å². The van der Waals surface area contributed by atoms with E-state index < -0.39 is 18.5 Å². The molecule has 1 aliphatic heterocycles. The van der Waals surface area contributed by atoms with Crippen molar-refractivity contribution in [3.05, 3.63) is 70.2 Å². The highest BCUT2D eigenvalue weighted by atomic mass is 35.5. The predicted molar refractivity (Wildman–Crippen MR) is 122 cm³/mol. The number of hydrogen-bond acceptors (Lipinski definition) is 5. The van der Waals surface area contributed by atoms with Crippen molar-refractivity contribution in [3.8, 4) is 0 Å². The van der Waals surface area contributed by atoms with Gasteiger partial charge in [-0.25, -0.2) is 9.69 Å². The van der Waals surface area contributed by atoms with E-state index in [1.54, 1.807) is 18.2 Å². The van der Waals surface area contributed by atoms with Crippen molar-refractivity contribution < 1.29 is 23.9 Å². The molecule has 0 spiro atoms. The molecule has 0 radical (unpaired) electrons. The maximum absolute atomic E-state index is 13.0. The second-order valence-corrected chi connectivity index (χ2v) is 9.15. The SMILES string of the molecule is O=C(COC(=O)c1cccc(N2C(=O)[C@@H]3[C@H](C2=O)[C@H]2C=C[C@H]3C2)c1)Nc1ccc(Cl)cc1Cl. The third kappa shape index (κ3) is 3.81. The van der Waals surface area contributed by atoms with E-state index in [-0.39, 0.29) is 46.1 Å². The molecule has 1 saturated carbocycles. The molecule has 3 aliphatic rings. The smallest absolute Gasteiger partial charge is 0.338 e. The van der Waals surface area contributed by atoms with E-state index in [9.17, 15) is 19.2 Å². The average molecular weight is 485 g/mol. The van der Waals surface area contributed by atoms with Crippen LogP contribution < -0.4 is 10.2 Å². The predicted octanol–water partition coefficient (Wildman–Crippen LogP) is 4.10. The summed E-state index contributed by atoms with van der Waals surface area (Å²) in [4.78, 5) is 51.8. The molecule has 2 aromatic rings. The number of esters is 1. The number of ether oxygens (including phenoxy) is 1. The van der Waals surface area contributed by atoms with Crippen molar-refractivity contribution in [1.82, 2.24) is 0 Å². The van der Waals surface area contributed by atoms with E-state index >= 15 is 0 Å². The van der Waals surface area contributed by atoms with Crippen molar-refractivity contribution in [3.63, 3.8) is 0 Å². The molecule has 4 atom stereocenters. The fourth-order valence-electron chi connectivity index (χ4n) is 4.92. The summed E-state index contributed by atoms with van der Waals surface area (Å²) >= 11 is 11.9. The monoisotopic (exact) mass is 484 g/mol. The van der Waals surface area contributed by atoms with Gasteiger partial charge in [0.2, 0.25) is 11.8 Å². The summed E-state index contributed by atoms with van der Waals surface area (Å²) < 4.78 is 5.10. The third-order valence-corrected chi connectivity index (χ3v) is 6.90. The Balaban J connectivity index is 1.25. The van der Waals surface area contributed by atoms with Gasteiger partial charge in [-0.2, -0.15) is 0 Å². The fourth-order valence-corrected chi connectivity index (χ4v) is 5.38. The molecule has 2 fully saturated rings. The van der Waals surface area contributed by atoms with Crippen LogP contribution in [0, 0.1) is 23.7 Å². The van der Waals surface area contributed by atoms with Crippen LogP contribution in [0.1, 0.15) is 16.8 Å². The number of carbonyl (C=O) groups is 4. The summed E-state index contributed by atoms with van der Waals surface area (Å²) in [5, 5.41) is 3.21. The number of hydrogen-bond donors (Lipinski definition) is 1. The molecule has 1 heterocycles. The minimum Gasteiger partial charge on any atom is -0.452 e. The van der Waals surface area contributed by atoms with Gasteiger partial charge in [0.1, 0.15) is 0 Å². The molecule has 1 saturated heterocycles. The minimum atomic E-state index is -0.754. The van der Waals surface area contributed by atoms with Crippen LogP contribution in [0.25, 0.3) is 0 Å². The van der Waals surface area contributed by atoms with E-state index in [0.29, 0.717) is 16.4 Å². The van der Waals surface area contributed by atoms with Crippen LogP contribution in [0.3, 0.4) is 0 Å². The molecule has 5 rings (SSSR count). The number of nitrogens with zero attached hydrogens (tertiary/aromatic N) is 1. The molecule has 0 unspecified atom stereocenters.